The van der Waals surface area contributed by atoms with Gasteiger partial charge in [-0.2, -0.15) is 0 Å². The fourth-order valence-electron chi connectivity index (χ4n) is 4.17. The molecule has 33 heavy (non-hydrogen) atoms. The maximum absolute atomic E-state index is 13.1. The SMILES string of the molecule is O=C(c1cccc(NC(=O)N2CCSc3ncccc32)c1)N1CCN(c2ccccc2)CC1. The van der Waals surface area contributed by atoms with Crippen LogP contribution in [0.25, 0.3) is 0 Å². The number of nitrogens with zero attached hydrogens (tertiary/aromatic N) is 4. The molecule has 168 valence electrons. The van der Waals surface area contributed by atoms with Gasteiger partial charge in [-0.05, 0) is 42.5 Å². The molecular weight excluding hydrogens is 434 g/mol. The molecule has 5 rings (SSSR count). The maximum Gasteiger partial charge on any atom is 0.326 e. The summed E-state index contributed by atoms with van der Waals surface area (Å²) in [6, 6.07) is 21.0. The van der Waals surface area contributed by atoms with E-state index in [1.165, 1.54) is 5.69 Å². The lowest BCUT2D eigenvalue weighted by atomic mass is 10.1. The van der Waals surface area contributed by atoms with Crippen LogP contribution >= 0.6 is 11.8 Å². The van der Waals surface area contributed by atoms with Crippen molar-refractivity contribution in [2.24, 2.45) is 0 Å². The van der Waals surface area contributed by atoms with E-state index in [0.29, 0.717) is 30.9 Å². The first-order valence-corrected chi connectivity index (χ1v) is 12.0. The first-order chi connectivity index (χ1) is 16.2. The number of fused-ring (bicyclic) bond motifs is 1. The Hall–Kier alpha value is -3.52. The minimum absolute atomic E-state index is 0.0114. The summed E-state index contributed by atoms with van der Waals surface area (Å²) in [5.41, 5.74) is 3.19. The van der Waals surface area contributed by atoms with Crippen LogP contribution in [0, 0.1) is 0 Å². The number of carbonyl (C=O) groups is 2. The summed E-state index contributed by atoms with van der Waals surface area (Å²) in [5, 5.41) is 3.81. The topological polar surface area (TPSA) is 68.8 Å². The van der Waals surface area contributed by atoms with Gasteiger partial charge in [-0.25, -0.2) is 9.78 Å². The Morgan fingerprint density at radius 2 is 1.70 bits per heavy atom. The molecule has 0 aliphatic carbocycles. The molecule has 0 unspecified atom stereocenters. The molecule has 8 heteroatoms. The number of para-hydroxylation sites is 1. The van der Waals surface area contributed by atoms with Crippen LogP contribution in [0.2, 0.25) is 0 Å². The molecule has 0 spiro atoms. The van der Waals surface area contributed by atoms with E-state index in [4.69, 9.17) is 0 Å². The van der Waals surface area contributed by atoms with Gasteiger partial charge in [0.15, 0.2) is 0 Å². The first-order valence-electron chi connectivity index (χ1n) is 11.0. The van der Waals surface area contributed by atoms with Crippen molar-refractivity contribution < 1.29 is 9.59 Å². The van der Waals surface area contributed by atoms with Gasteiger partial charge in [-0.1, -0.05) is 24.3 Å². The summed E-state index contributed by atoms with van der Waals surface area (Å²) < 4.78 is 0. The molecule has 3 amide bonds. The van der Waals surface area contributed by atoms with Gasteiger partial charge in [-0.15, -0.1) is 11.8 Å². The third-order valence-corrected chi connectivity index (χ3v) is 6.86. The third-order valence-electron chi connectivity index (χ3n) is 5.89. The molecule has 0 radical (unpaired) electrons. The normalized spacial score (nSPS) is 15.7. The second-order valence-electron chi connectivity index (χ2n) is 7.95. The van der Waals surface area contributed by atoms with Crippen LogP contribution in [0.5, 0.6) is 0 Å². The van der Waals surface area contributed by atoms with Crippen molar-refractivity contribution in [2.75, 3.05) is 53.6 Å². The second kappa shape index (κ2) is 9.54. The lowest BCUT2D eigenvalue weighted by molar-refractivity contribution is 0.0747. The molecule has 1 fully saturated rings. The summed E-state index contributed by atoms with van der Waals surface area (Å²) in [6.45, 7) is 3.54. The number of aromatic nitrogens is 1. The Morgan fingerprint density at radius 3 is 2.52 bits per heavy atom. The molecule has 0 bridgehead atoms. The first kappa shape index (κ1) is 21.3. The number of pyridine rings is 1. The molecule has 0 saturated carbocycles. The molecule has 3 aromatic rings. The molecule has 1 N–H and O–H groups in total. The predicted octanol–water partition coefficient (Wildman–Crippen LogP) is 4.19. The van der Waals surface area contributed by atoms with Gasteiger partial charge in [0, 0.05) is 61.6 Å². The minimum atomic E-state index is -0.217. The number of urea groups is 1. The Labute approximate surface area is 197 Å². The molecule has 3 heterocycles. The lowest BCUT2D eigenvalue weighted by Gasteiger charge is -2.36. The summed E-state index contributed by atoms with van der Waals surface area (Å²) in [5.74, 6) is 0.785. The number of piperazine rings is 1. The number of benzene rings is 2. The number of anilines is 3. The molecule has 1 saturated heterocycles. The highest BCUT2D eigenvalue weighted by Gasteiger charge is 2.25. The van der Waals surface area contributed by atoms with E-state index < -0.39 is 0 Å². The number of nitrogens with one attached hydrogen (secondary N) is 1. The average Bonchev–Trinajstić information content (AvgIpc) is 2.88. The molecule has 0 atom stereocenters. The van der Waals surface area contributed by atoms with E-state index in [9.17, 15) is 9.59 Å². The highest BCUT2D eigenvalue weighted by Crippen LogP contribution is 2.32. The number of hydrogen-bond donors (Lipinski definition) is 1. The Bertz CT molecular complexity index is 1150. The van der Waals surface area contributed by atoms with Crippen LogP contribution in [0.15, 0.2) is 78.0 Å². The maximum atomic E-state index is 13.1. The molecule has 7 nitrogen and oxygen atoms in total. The van der Waals surface area contributed by atoms with Gasteiger partial charge in [0.2, 0.25) is 0 Å². The largest absolute Gasteiger partial charge is 0.368 e. The van der Waals surface area contributed by atoms with Gasteiger partial charge in [-0.3, -0.25) is 9.69 Å². The van der Waals surface area contributed by atoms with Crippen LogP contribution in [-0.2, 0) is 0 Å². The fraction of sp³-hybridized carbons (Fsp3) is 0.240. The third kappa shape index (κ3) is 4.66. The predicted molar refractivity (Wildman–Crippen MR) is 132 cm³/mol. The van der Waals surface area contributed by atoms with E-state index in [-0.39, 0.29) is 11.9 Å². The summed E-state index contributed by atoms with van der Waals surface area (Å²) in [4.78, 5) is 36.3. The number of hydrogen-bond acceptors (Lipinski definition) is 5. The van der Waals surface area contributed by atoms with Crippen molar-refractivity contribution in [3.05, 3.63) is 78.5 Å². The summed E-state index contributed by atoms with van der Waals surface area (Å²) in [6.07, 6.45) is 1.74. The number of amides is 3. The number of carbonyl (C=O) groups excluding carboxylic acids is 2. The van der Waals surface area contributed by atoms with E-state index in [1.54, 1.807) is 35.0 Å². The zero-order valence-corrected chi connectivity index (χ0v) is 19.0. The van der Waals surface area contributed by atoms with Crippen LogP contribution in [0.1, 0.15) is 10.4 Å². The number of thioether (sulfide) groups is 1. The van der Waals surface area contributed by atoms with Gasteiger partial charge in [0.1, 0.15) is 5.03 Å². The average molecular weight is 460 g/mol. The summed E-state index contributed by atoms with van der Waals surface area (Å²) in [7, 11) is 0. The quantitative estimate of drug-likeness (QED) is 0.636. The lowest BCUT2D eigenvalue weighted by Crippen LogP contribution is -2.48. The zero-order chi connectivity index (χ0) is 22.6. The second-order valence-corrected chi connectivity index (χ2v) is 9.04. The van der Waals surface area contributed by atoms with Gasteiger partial charge in [0.25, 0.3) is 5.91 Å². The van der Waals surface area contributed by atoms with Crippen molar-refractivity contribution in [3.63, 3.8) is 0 Å². The Morgan fingerprint density at radius 1 is 0.879 bits per heavy atom. The summed E-state index contributed by atoms with van der Waals surface area (Å²) >= 11 is 1.65. The zero-order valence-electron chi connectivity index (χ0n) is 18.2. The monoisotopic (exact) mass is 459 g/mol. The Balaban J connectivity index is 1.23. The van der Waals surface area contributed by atoms with E-state index in [1.807, 2.05) is 47.4 Å². The van der Waals surface area contributed by atoms with Crippen LogP contribution in [0.3, 0.4) is 0 Å². The van der Waals surface area contributed by atoms with Crippen LogP contribution in [-0.4, -0.2) is 60.3 Å². The minimum Gasteiger partial charge on any atom is -0.368 e. The molecule has 2 aromatic carbocycles. The molecule has 1 aromatic heterocycles. The highest BCUT2D eigenvalue weighted by atomic mass is 32.2. The van der Waals surface area contributed by atoms with E-state index >= 15 is 0 Å². The molecule has 2 aliphatic heterocycles. The van der Waals surface area contributed by atoms with Gasteiger partial charge >= 0.3 is 6.03 Å². The smallest absolute Gasteiger partial charge is 0.326 e. The van der Waals surface area contributed by atoms with Crippen molar-refractivity contribution in [1.29, 1.82) is 0 Å². The highest BCUT2D eigenvalue weighted by molar-refractivity contribution is 7.99. The fourth-order valence-corrected chi connectivity index (χ4v) is 5.10. The van der Waals surface area contributed by atoms with Crippen molar-refractivity contribution >= 4 is 40.8 Å². The van der Waals surface area contributed by atoms with Crippen molar-refractivity contribution in [3.8, 4) is 0 Å². The molecular formula is C25H25N5O2S. The van der Waals surface area contributed by atoms with Crippen molar-refractivity contribution in [2.45, 2.75) is 5.03 Å². The number of rotatable bonds is 3. The van der Waals surface area contributed by atoms with Crippen molar-refractivity contribution in [1.82, 2.24) is 9.88 Å². The van der Waals surface area contributed by atoms with Gasteiger partial charge < -0.3 is 15.1 Å². The van der Waals surface area contributed by atoms with E-state index in [2.05, 4.69) is 27.3 Å². The Kier molecular flexibility index (Phi) is 6.17. The van der Waals surface area contributed by atoms with Crippen LogP contribution < -0.4 is 15.1 Å². The van der Waals surface area contributed by atoms with E-state index in [0.717, 1.165) is 29.6 Å². The standard InChI is InChI=1S/C25H25N5O2S/c31-24(29-14-12-28(13-15-29)21-8-2-1-3-9-21)19-6-4-7-20(18-19)27-25(32)30-16-17-33-23-22(30)10-5-11-26-23/h1-11,18H,12-17H2,(H,27,32). The van der Waals surface area contributed by atoms with Gasteiger partial charge in [0.05, 0.1) is 5.69 Å². The molecule has 2 aliphatic rings. The van der Waals surface area contributed by atoms with Crippen LogP contribution in [0.4, 0.5) is 21.9 Å².